The highest BCUT2D eigenvalue weighted by molar-refractivity contribution is 5.79. The number of amides is 1. The minimum atomic E-state index is -1.41. The van der Waals surface area contributed by atoms with Crippen molar-refractivity contribution >= 4 is 5.91 Å². The lowest BCUT2D eigenvalue weighted by atomic mass is 10.1. The number of halogens is 2. The molecule has 6 heteroatoms. The third-order valence-corrected chi connectivity index (χ3v) is 3.65. The third kappa shape index (κ3) is 3.32. The SMILES string of the molecule is N[C@@H]1CC[C@H](C(=O)NC[C@@H](O)c2c(F)cccc2F)C1. The number of carbonyl (C=O) groups is 1. The fraction of sp³-hybridized carbons (Fsp3) is 0.500. The number of aliphatic hydroxyl groups is 1. The molecule has 1 saturated carbocycles. The maximum Gasteiger partial charge on any atom is 0.223 e. The first-order valence-corrected chi connectivity index (χ1v) is 6.64. The Hall–Kier alpha value is -1.53. The van der Waals surface area contributed by atoms with Crippen LogP contribution in [-0.2, 0) is 4.79 Å². The molecule has 1 aromatic rings. The smallest absolute Gasteiger partial charge is 0.223 e. The van der Waals surface area contributed by atoms with E-state index in [4.69, 9.17) is 5.73 Å². The molecule has 3 atom stereocenters. The van der Waals surface area contributed by atoms with Crippen LogP contribution in [0.3, 0.4) is 0 Å². The number of benzene rings is 1. The van der Waals surface area contributed by atoms with Crippen molar-refractivity contribution in [2.75, 3.05) is 6.54 Å². The Morgan fingerprint density at radius 3 is 2.60 bits per heavy atom. The number of hydrogen-bond acceptors (Lipinski definition) is 3. The lowest BCUT2D eigenvalue weighted by Gasteiger charge is -2.16. The molecule has 0 aliphatic heterocycles. The fourth-order valence-electron chi connectivity index (χ4n) is 2.53. The van der Waals surface area contributed by atoms with E-state index in [-0.39, 0.29) is 24.4 Å². The van der Waals surface area contributed by atoms with Gasteiger partial charge in [-0.25, -0.2) is 8.78 Å². The van der Waals surface area contributed by atoms with Gasteiger partial charge in [-0.1, -0.05) is 6.07 Å². The summed E-state index contributed by atoms with van der Waals surface area (Å²) in [6, 6.07) is 3.39. The highest BCUT2D eigenvalue weighted by atomic mass is 19.1. The second-order valence-corrected chi connectivity index (χ2v) is 5.17. The van der Waals surface area contributed by atoms with Gasteiger partial charge in [-0.3, -0.25) is 4.79 Å². The topological polar surface area (TPSA) is 75.4 Å². The van der Waals surface area contributed by atoms with E-state index in [2.05, 4.69) is 5.32 Å². The summed E-state index contributed by atoms with van der Waals surface area (Å²) in [5, 5.41) is 12.3. The van der Waals surface area contributed by atoms with Crippen LogP contribution >= 0.6 is 0 Å². The van der Waals surface area contributed by atoms with Gasteiger partial charge in [0.25, 0.3) is 0 Å². The van der Waals surface area contributed by atoms with Gasteiger partial charge >= 0.3 is 0 Å². The molecule has 1 fully saturated rings. The van der Waals surface area contributed by atoms with Crippen molar-refractivity contribution in [3.8, 4) is 0 Å². The molecule has 0 heterocycles. The fourth-order valence-corrected chi connectivity index (χ4v) is 2.53. The van der Waals surface area contributed by atoms with E-state index < -0.39 is 23.3 Å². The van der Waals surface area contributed by atoms with Crippen LogP contribution in [-0.4, -0.2) is 23.6 Å². The quantitative estimate of drug-likeness (QED) is 0.778. The number of aliphatic hydroxyl groups excluding tert-OH is 1. The van der Waals surface area contributed by atoms with Gasteiger partial charge in [0.1, 0.15) is 17.7 Å². The second-order valence-electron chi connectivity index (χ2n) is 5.17. The van der Waals surface area contributed by atoms with Crippen LogP contribution in [0.5, 0.6) is 0 Å². The zero-order chi connectivity index (χ0) is 14.7. The second kappa shape index (κ2) is 6.28. The summed E-state index contributed by atoms with van der Waals surface area (Å²) < 4.78 is 26.9. The van der Waals surface area contributed by atoms with Crippen molar-refractivity contribution in [1.29, 1.82) is 0 Å². The van der Waals surface area contributed by atoms with Crippen LogP contribution in [0, 0.1) is 17.6 Å². The molecule has 0 unspecified atom stereocenters. The van der Waals surface area contributed by atoms with Gasteiger partial charge in [-0.05, 0) is 31.4 Å². The molecule has 0 spiro atoms. The summed E-state index contributed by atoms with van der Waals surface area (Å²) in [6.45, 7) is -0.220. The van der Waals surface area contributed by atoms with Crippen LogP contribution in [0.2, 0.25) is 0 Å². The molecule has 20 heavy (non-hydrogen) atoms. The Morgan fingerprint density at radius 2 is 2.05 bits per heavy atom. The molecule has 1 aliphatic rings. The molecule has 1 aromatic carbocycles. The van der Waals surface area contributed by atoms with Crippen LogP contribution < -0.4 is 11.1 Å². The summed E-state index contributed by atoms with van der Waals surface area (Å²) in [5.74, 6) is -2.05. The van der Waals surface area contributed by atoms with E-state index in [1.165, 1.54) is 6.07 Å². The first-order chi connectivity index (χ1) is 9.49. The minimum Gasteiger partial charge on any atom is -0.386 e. The molecule has 0 radical (unpaired) electrons. The standard InChI is InChI=1S/C14H18F2N2O2/c15-10-2-1-3-11(16)13(10)12(19)7-18-14(20)8-4-5-9(17)6-8/h1-3,8-9,12,19H,4-7,17H2,(H,18,20)/t8-,9+,12+/m0/s1. The molecule has 110 valence electrons. The Labute approximate surface area is 116 Å². The monoisotopic (exact) mass is 284 g/mol. The Bertz CT molecular complexity index is 476. The molecule has 0 bridgehead atoms. The molecular formula is C14H18F2N2O2. The number of nitrogens with one attached hydrogen (secondary N) is 1. The minimum absolute atomic E-state index is 0.0275. The predicted octanol–water partition coefficient (Wildman–Crippen LogP) is 1.24. The van der Waals surface area contributed by atoms with E-state index >= 15 is 0 Å². The Kier molecular flexibility index (Phi) is 4.67. The van der Waals surface area contributed by atoms with Gasteiger partial charge in [-0.2, -0.15) is 0 Å². The summed E-state index contributed by atoms with van der Waals surface area (Å²) in [4.78, 5) is 11.8. The van der Waals surface area contributed by atoms with Gasteiger partial charge < -0.3 is 16.2 Å². The normalized spacial score (nSPS) is 23.6. The summed E-state index contributed by atoms with van der Waals surface area (Å²) in [6.07, 6.45) is 0.700. The van der Waals surface area contributed by atoms with Crippen LogP contribution in [0.1, 0.15) is 30.9 Å². The highest BCUT2D eigenvalue weighted by Crippen LogP contribution is 2.25. The van der Waals surface area contributed by atoms with Crippen LogP contribution in [0.25, 0.3) is 0 Å². The van der Waals surface area contributed by atoms with Crippen molar-refractivity contribution in [1.82, 2.24) is 5.32 Å². The van der Waals surface area contributed by atoms with Gasteiger partial charge in [0, 0.05) is 18.5 Å². The maximum absolute atomic E-state index is 13.4. The van der Waals surface area contributed by atoms with Gasteiger partial charge in [0.05, 0.1) is 5.56 Å². The summed E-state index contributed by atoms with van der Waals surface area (Å²) in [5.41, 5.74) is 5.30. The molecule has 2 rings (SSSR count). The molecular weight excluding hydrogens is 266 g/mol. The summed E-state index contributed by atoms with van der Waals surface area (Å²) in [7, 11) is 0. The highest BCUT2D eigenvalue weighted by Gasteiger charge is 2.28. The largest absolute Gasteiger partial charge is 0.386 e. The van der Waals surface area contributed by atoms with E-state index in [0.717, 1.165) is 18.6 Å². The van der Waals surface area contributed by atoms with Crippen LogP contribution in [0.15, 0.2) is 18.2 Å². The van der Waals surface area contributed by atoms with Crippen molar-refractivity contribution in [2.45, 2.75) is 31.4 Å². The lowest BCUT2D eigenvalue weighted by molar-refractivity contribution is -0.125. The number of rotatable bonds is 4. The molecule has 4 N–H and O–H groups in total. The van der Waals surface area contributed by atoms with Crippen molar-refractivity contribution in [3.63, 3.8) is 0 Å². The zero-order valence-corrected chi connectivity index (χ0v) is 11.0. The first-order valence-electron chi connectivity index (χ1n) is 6.64. The molecule has 0 aromatic heterocycles. The number of carbonyl (C=O) groups excluding carboxylic acids is 1. The third-order valence-electron chi connectivity index (χ3n) is 3.65. The van der Waals surface area contributed by atoms with Crippen molar-refractivity contribution < 1.29 is 18.7 Å². The van der Waals surface area contributed by atoms with Crippen molar-refractivity contribution in [2.24, 2.45) is 11.7 Å². The molecule has 4 nitrogen and oxygen atoms in total. The Balaban J connectivity index is 1.92. The summed E-state index contributed by atoms with van der Waals surface area (Å²) >= 11 is 0. The van der Waals surface area contributed by atoms with Gasteiger partial charge in [0.15, 0.2) is 0 Å². The first kappa shape index (κ1) is 14.9. The maximum atomic E-state index is 13.4. The average Bonchev–Trinajstić information content (AvgIpc) is 2.82. The van der Waals surface area contributed by atoms with Crippen molar-refractivity contribution in [3.05, 3.63) is 35.4 Å². The molecule has 1 aliphatic carbocycles. The predicted molar refractivity (Wildman–Crippen MR) is 69.6 cm³/mol. The average molecular weight is 284 g/mol. The van der Waals surface area contributed by atoms with E-state index in [9.17, 15) is 18.7 Å². The van der Waals surface area contributed by atoms with E-state index in [1.807, 2.05) is 0 Å². The Morgan fingerprint density at radius 1 is 1.40 bits per heavy atom. The number of hydrogen-bond donors (Lipinski definition) is 3. The molecule has 0 saturated heterocycles. The van der Waals surface area contributed by atoms with E-state index in [0.29, 0.717) is 12.8 Å². The zero-order valence-electron chi connectivity index (χ0n) is 11.0. The molecule has 1 amide bonds. The van der Waals surface area contributed by atoms with Gasteiger partial charge in [-0.15, -0.1) is 0 Å². The van der Waals surface area contributed by atoms with Gasteiger partial charge in [0.2, 0.25) is 5.91 Å². The lowest BCUT2D eigenvalue weighted by Crippen LogP contribution is -2.34. The van der Waals surface area contributed by atoms with E-state index in [1.54, 1.807) is 0 Å². The van der Waals surface area contributed by atoms with Crippen LogP contribution in [0.4, 0.5) is 8.78 Å². The number of nitrogens with two attached hydrogens (primary N) is 1.